The number of carbonyl (C=O) groups is 1. The molecule has 0 aliphatic heterocycles. The molecule has 0 heterocycles. The highest BCUT2D eigenvalue weighted by Crippen LogP contribution is 2.38. The number of hydrogen-bond acceptors (Lipinski definition) is 1. The zero-order chi connectivity index (χ0) is 11.9. The maximum atomic E-state index is 13.3. The summed E-state index contributed by atoms with van der Waals surface area (Å²) in [5, 5.41) is 0. The van der Waals surface area contributed by atoms with Gasteiger partial charge in [-0.3, -0.25) is 4.79 Å². The van der Waals surface area contributed by atoms with Gasteiger partial charge < -0.3 is 0 Å². The minimum Gasteiger partial charge on any atom is -0.294 e. The summed E-state index contributed by atoms with van der Waals surface area (Å²) in [7, 11) is 0. The van der Waals surface area contributed by atoms with Crippen molar-refractivity contribution in [3.8, 4) is 0 Å². The van der Waals surface area contributed by atoms with Crippen molar-refractivity contribution in [2.24, 2.45) is 5.92 Å². The molecule has 0 radical (unpaired) electrons. The minimum atomic E-state index is -4.69. The lowest BCUT2D eigenvalue weighted by Gasteiger charge is -2.12. The highest BCUT2D eigenvalue weighted by Gasteiger charge is 2.40. The monoisotopic (exact) mass is 232 g/mol. The highest BCUT2D eigenvalue weighted by atomic mass is 19.4. The second kappa shape index (κ2) is 3.57. The van der Waals surface area contributed by atoms with Crippen molar-refractivity contribution in [1.82, 2.24) is 0 Å². The minimum absolute atomic E-state index is 0.432. The second-order valence-electron chi connectivity index (χ2n) is 3.80. The summed E-state index contributed by atoms with van der Waals surface area (Å²) < 4.78 is 51.0. The lowest BCUT2D eigenvalue weighted by Crippen LogP contribution is -2.16. The summed E-state index contributed by atoms with van der Waals surface area (Å²) in [4.78, 5) is 11.6. The van der Waals surface area contributed by atoms with E-state index < -0.39 is 34.8 Å². The highest BCUT2D eigenvalue weighted by molar-refractivity contribution is 6.00. The quantitative estimate of drug-likeness (QED) is 0.564. The number of ketones is 1. The molecule has 0 unspecified atom stereocenters. The number of Topliss-reactive ketones (excluding diaryl/α,β-unsaturated/α-hetero) is 1. The smallest absolute Gasteiger partial charge is 0.294 e. The number of rotatable bonds is 2. The van der Waals surface area contributed by atoms with Crippen LogP contribution in [0.1, 0.15) is 28.8 Å². The van der Waals surface area contributed by atoms with Gasteiger partial charge in [-0.2, -0.15) is 13.2 Å². The number of alkyl halides is 3. The molecule has 16 heavy (non-hydrogen) atoms. The lowest BCUT2D eigenvalue weighted by atomic mass is 10.00. The zero-order valence-electron chi connectivity index (χ0n) is 8.14. The van der Waals surface area contributed by atoms with Crippen LogP contribution >= 0.6 is 0 Å². The van der Waals surface area contributed by atoms with Crippen molar-refractivity contribution in [2.75, 3.05) is 0 Å². The maximum Gasteiger partial charge on any atom is 0.417 e. The lowest BCUT2D eigenvalue weighted by molar-refractivity contribution is -0.138. The average molecular weight is 232 g/mol. The molecule has 1 nitrogen and oxygen atoms in total. The first kappa shape index (κ1) is 11.1. The molecule has 0 aromatic heterocycles. The molecule has 0 amide bonds. The summed E-state index contributed by atoms with van der Waals surface area (Å²) in [5.74, 6) is -2.25. The van der Waals surface area contributed by atoms with Crippen LogP contribution in [0.4, 0.5) is 17.6 Å². The molecule has 0 N–H and O–H groups in total. The average Bonchev–Trinajstić information content (AvgIpc) is 2.98. The van der Waals surface area contributed by atoms with Gasteiger partial charge in [0, 0.05) is 5.92 Å². The van der Waals surface area contributed by atoms with E-state index in [1.807, 2.05) is 0 Å². The van der Waals surface area contributed by atoms with Gasteiger partial charge in [0.1, 0.15) is 5.82 Å². The molecule has 0 saturated heterocycles. The molecular weight excluding hydrogens is 224 g/mol. The first-order valence-corrected chi connectivity index (χ1v) is 4.81. The fourth-order valence-electron chi connectivity index (χ4n) is 1.56. The van der Waals surface area contributed by atoms with Crippen molar-refractivity contribution in [3.05, 3.63) is 35.1 Å². The van der Waals surface area contributed by atoms with Gasteiger partial charge >= 0.3 is 6.18 Å². The Balaban J connectivity index is 2.52. The van der Waals surface area contributed by atoms with E-state index in [-0.39, 0.29) is 0 Å². The van der Waals surface area contributed by atoms with Gasteiger partial charge in [-0.1, -0.05) is 6.07 Å². The first-order chi connectivity index (χ1) is 7.41. The molecule has 0 atom stereocenters. The Hall–Kier alpha value is -1.39. The molecule has 0 bridgehead atoms. The Labute approximate surface area is 89.1 Å². The van der Waals surface area contributed by atoms with Gasteiger partial charge in [-0.05, 0) is 25.0 Å². The fraction of sp³-hybridized carbons (Fsp3) is 0.364. The first-order valence-electron chi connectivity index (χ1n) is 4.81. The molecule has 1 aromatic carbocycles. The summed E-state index contributed by atoms with van der Waals surface area (Å²) in [6, 6.07) is 2.57. The van der Waals surface area contributed by atoms with E-state index in [0.29, 0.717) is 12.8 Å². The normalized spacial score (nSPS) is 16.2. The predicted molar refractivity (Wildman–Crippen MR) is 48.5 cm³/mol. The molecule has 1 aromatic rings. The van der Waals surface area contributed by atoms with E-state index in [1.165, 1.54) is 0 Å². The van der Waals surface area contributed by atoms with Crippen LogP contribution in [0.2, 0.25) is 0 Å². The SMILES string of the molecule is O=C(c1c(F)cccc1C(F)(F)F)C1CC1. The number of halogens is 4. The van der Waals surface area contributed by atoms with Gasteiger partial charge in [0.15, 0.2) is 5.78 Å². The summed E-state index contributed by atoms with van der Waals surface area (Å²) >= 11 is 0. The van der Waals surface area contributed by atoms with Crippen LogP contribution in [-0.4, -0.2) is 5.78 Å². The number of carbonyl (C=O) groups excluding carboxylic acids is 1. The van der Waals surface area contributed by atoms with Crippen LogP contribution in [0.3, 0.4) is 0 Å². The Morgan fingerprint density at radius 2 is 1.88 bits per heavy atom. The van der Waals surface area contributed by atoms with Crippen LogP contribution in [0.5, 0.6) is 0 Å². The zero-order valence-corrected chi connectivity index (χ0v) is 8.14. The van der Waals surface area contributed by atoms with Crippen LogP contribution in [0, 0.1) is 11.7 Å². The molecular formula is C11H8F4O. The predicted octanol–water partition coefficient (Wildman–Crippen LogP) is 3.44. The van der Waals surface area contributed by atoms with Gasteiger partial charge in [0.2, 0.25) is 0 Å². The Kier molecular flexibility index (Phi) is 2.48. The molecule has 1 fully saturated rings. The third-order valence-electron chi connectivity index (χ3n) is 2.51. The van der Waals surface area contributed by atoms with E-state index in [1.54, 1.807) is 0 Å². The maximum absolute atomic E-state index is 13.3. The largest absolute Gasteiger partial charge is 0.417 e. The standard InChI is InChI=1S/C11H8F4O/c12-8-3-1-2-7(11(13,14)15)9(8)10(16)6-4-5-6/h1-3,6H,4-5H2. The topological polar surface area (TPSA) is 17.1 Å². The van der Waals surface area contributed by atoms with Gasteiger partial charge in [0.25, 0.3) is 0 Å². The molecule has 86 valence electrons. The van der Waals surface area contributed by atoms with Crippen molar-refractivity contribution < 1.29 is 22.4 Å². The van der Waals surface area contributed by atoms with E-state index in [0.717, 1.165) is 18.2 Å². The Morgan fingerprint density at radius 3 is 2.38 bits per heavy atom. The number of hydrogen-bond donors (Lipinski definition) is 0. The van der Waals surface area contributed by atoms with Gasteiger partial charge in [0.05, 0.1) is 11.1 Å². The number of benzene rings is 1. The Morgan fingerprint density at radius 1 is 1.25 bits per heavy atom. The van der Waals surface area contributed by atoms with Crippen molar-refractivity contribution in [3.63, 3.8) is 0 Å². The van der Waals surface area contributed by atoms with Crippen molar-refractivity contribution in [1.29, 1.82) is 0 Å². The van der Waals surface area contributed by atoms with Crippen LogP contribution in [-0.2, 0) is 6.18 Å². The van der Waals surface area contributed by atoms with Crippen LogP contribution < -0.4 is 0 Å². The summed E-state index contributed by atoms with van der Waals surface area (Å²) in [6.07, 6.45) is -3.60. The second-order valence-corrected chi connectivity index (χ2v) is 3.80. The molecule has 5 heteroatoms. The summed E-state index contributed by atoms with van der Waals surface area (Å²) in [6.45, 7) is 0. The van der Waals surface area contributed by atoms with Gasteiger partial charge in [-0.15, -0.1) is 0 Å². The molecule has 0 spiro atoms. The molecule has 1 aliphatic carbocycles. The molecule has 1 saturated carbocycles. The van der Waals surface area contributed by atoms with E-state index >= 15 is 0 Å². The molecule has 2 rings (SSSR count). The van der Waals surface area contributed by atoms with Crippen LogP contribution in [0.15, 0.2) is 18.2 Å². The fourth-order valence-corrected chi connectivity index (χ4v) is 1.56. The van der Waals surface area contributed by atoms with Crippen molar-refractivity contribution in [2.45, 2.75) is 19.0 Å². The van der Waals surface area contributed by atoms with Crippen LogP contribution in [0.25, 0.3) is 0 Å². The molecule has 1 aliphatic rings. The van der Waals surface area contributed by atoms with Crippen molar-refractivity contribution >= 4 is 5.78 Å². The summed E-state index contributed by atoms with van der Waals surface area (Å²) in [5.41, 5.74) is -1.98. The van der Waals surface area contributed by atoms with E-state index in [2.05, 4.69) is 0 Å². The third kappa shape index (κ3) is 1.94. The van der Waals surface area contributed by atoms with E-state index in [4.69, 9.17) is 0 Å². The van der Waals surface area contributed by atoms with Gasteiger partial charge in [-0.25, -0.2) is 4.39 Å². The van der Waals surface area contributed by atoms with E-state index in [9.17, 15) is 22.4 Å². The third-order valence-corrected chi connectivity index (χ3v) is 2.51. The Bertz CT molecular complexity index is 432.